The van der Waals surface area contributed by atoms with E-state index >= 15 is 0 Å². The molecule has 0 saturated heterocycles. The summed E-state index contributed by atoms with van der Waals surface area (Å²) >= 11 is 0. The van der Waals surface area contributed by atoms with Gasteiger partial charge in [0.15, 0.2) is 5.43 Å². The molecule has 0 fully saturated rings. The molecule has 0 saturated carbocycles. The van der Waals surface area contributed by atoms with Crippen molar-refractivity contribution in [2.45, 2.75) is 13.1 Å². The normalized spacial score (nSPS) is 11.5. The van der Waals surface area contributed by atoms with E-state index in [4.69, 9.17) is 9.47 Å². The number of pyridine rings is 1. The van der Waals surface area contributed by atoms with Crippen molar-refractivity contribution in [3.63, 3.8) is 0 Å². The summed E-state index contributed by atoms with van der Waals surface area (Å²) in [5.41, 5.74) is 2.18. The predicted octanol–water partition coefficient (Wildman–Crippen LogP) is 5.39. The van der Waals surface area contributed by atoms with Gasteiger partial charge >= 0.3 is 12.1 Å². The molecule has 0 unspecified atom stereocenters. The summed E-state index contributed by atoms with van der Waals surface area (Å²) in [5, 5.41) is 0. The lowest BCUT2D eigenvalue weighted by atomic mass is 9.99. The Morgan fingerprint density at radius 2 is 1.70 bits per heavy atom. The molecule has 1 heterocycles. The number of carbonyl (C=O) groups excluding carboxylic acids is 1. The Morgan fingerprint density at radius 1 is 1.03 bits per heavy atom. The number of carbonyl (C=O) groups is 1. The average molecular weight is 457 g/mol. The fourth-order valence-electron chi connectivity index (χ4n) is 3.20. The van der Waals surface area contributed by atoms with Gasteiger partial charge in [-0.05, 0) is 48.4 Å². The van der Waals surface area contributed by atoms with E-state index < -0.39 is 12.1 Å². The molecule has 0 aliphatic carbocycles. The average Bonchev–Trinajstić information content (AvgIpc) is 2.78. The third kappa shape index (κ3) is 6.35. The van der Waals surface area contributed by atoms with Crippen molar-refractivity contribution in [3.8, 4) is 28.0 Å². The number of ether oxygens (including phenoxy) is 2. The van der Waals surface area contributed by atoms with E-state index in [0.717, 1.165) is 6.08 Å². The third-order valence-electron chi connectivity index (χ3n) is 4.66. The maximum atomic E-state index is 13.2. The molecule has 0 aliphatic heterocycles. The summed E-state index contributed by atoms with van der Waals surface area (Å²) in [4.78, 5) is 25.3. The van der Waals surface area contributed by atoms with Crippen molar-refractivity contribution in [3.05, 3.63) is 88.9 Å². The maximum Gasteiger partial charge on any atom is 0.409 e. The van der Waals surface area contributed by atoms with Crippen LogP contribution in [0.25, 0.3) is 22.3 Å². The lowest BCUT2D eigenvalue weighted by molar-refractivity contribution is -0.0801. The molecule has 172 valence electrons. The number of esters is 1. The Balaban J connectivity index is 1.87. The molecule has 3 rings (SSSR count). The van der Waals surface area contributed by atoms with Gasteiger partial charge in [0, 0.05) is 36.6 Å². The fourth-order valence-corrected chi connectivity index (χ4v) is 3.20. The zero-order valence-corrected chi connectivity index (χ0v) is 18.1. The first-order valence-electron chi connectivity index (χ1n) is 10.1. The van der Waals surface area contributed by atoms with Gasteiger partial charge in [-0.3, -0.25) is 4.79 Å². The van der Waals surface area contributed by atoms with Crippen LogP contribution in [0.5, 0.6) is 5.75 Å². The first kappa shape index (κ1) is 23.8. The van der Waals surface area contributed by atoms with Gasteiger partial charge in [0.2, 0.25) is 0 Å². The summed E-state index contributed by atoms with van der Waals surface area (Å²) in [7, 11) is 1.78. The highest BCUT2D eigenvalue weighted by Gasteiger charge is 2.21. The van der Waals surface area contributed by atoms with E-state index in [1.54, 1.807) is 79.5 Å². The highest BCUT2D eigenvalue weighted by molar-refractivity contribution is 5.91. The van der Waals surface area contributed by atoms with Crippen molar-refractivity contribution in [1.29, 1.82) is 0 Å². The topological polar surface area (TPSA) is 57.5 Å². The minimum Gasteiger partial charge on any atom is -0.490 e. The number of aromatic nitrogens is 1. The highest BCUT2D eigenvalue weighted by atomic mass is 19.4. The molecule has 5 nitrogen and oxygen atoms in total. The van der Waals surface area contributed by atoms with Gasteiger partial charge in [0.1, 0.15) is 12.4 Å². The SMILES string of the molecule is CCOC(=O)c1cccc(-c2cn(C)cc(-c3ccc(OCC=CC(F)(F)F)cc3)c2=O)c1. The minimum absolute atomic E-state index is 0.119. The number of nitrogens with zero attached hydrogens (tertiary/aromatic N) is 1. The van der Waals surface area contributed by atoms with Gasteiger partial charge in [-0.1, -0.05) is 24.3 Å². The minimum atomic E-state index is -4.38. The second kappa shape index (κ2) is 10.2. The van der Waals surface area contributed by atoms with Crippen LogP contribution in [0.15, 0.2) is 77.9 Å². The standard InChI is InChI=1S/C25H22F3NO4/c1-3-32-24(31)19-7-4-6-18(14-19)22-16-29(2)15-21(23(22)30)17-8-10-20(11-9-17)33-13-5-12-25(26,27)28/h4-12,14-16H,3,13H2,1-2H3. The van der Waals surface area contributed by atoms with Crippen molar-refractivity contribution >= 4 is 5.97 Å². The largest absolute Gasteiger partial charge is 0.490 e. The van der Waals surface area contributed by atoms with Crippen LogP contribution in [0.3, 0.4) is 0 Å². The van der Waals surface area contributed by atoms with E-state index in [1.807, 2.05) is 0 Å². The first-order chi connectivity index (χ1) is 15.7. The molecular formula is C25H22F3NO4. The fraction of sp³-hybridized carbons (Fsp3) is 0.200. The van der Waals surface area contributed by atoms with Crippen LogP contribution in [0.1, 0.15) is 17.3 Å². The predicted molar refractivity (Wildman–Crippen MR) is 119 cm³/mol. The van der Waals surface area contributed by atoms with E-state index in [9.17, 15) is 22.8 Å². The molecule has 2 aromatic carbocycles. The van der Waals surface area contributed by atoms with Gasteiger partial charge in [-0.15, -0.1) is 0 Å². The van der Waals surface area contributed by atoms with Crippen molar-refractivity contribution in [1.82, 2.24) is 4.57 Å². The molecule has 33 heavy (non-hydrogen) atoms. The van der Waals surface area contributed by atoms with Crippen LogP contribution in [0.2, 0.25) is 0 Å². The lowest BCUT2D eigenvalue weighted by Gasteiger charge is -2.11. The Hall–Kier alpha value is -3.81. The van der Waals surface area contributed by atoms with E-state index in [-0.39, 0.29) is 24.7 Å². The molecule has 0 N–H and O–H groups in total. The molecular weight excluding hydrogens is 435 g/mol. The Morgan fingerprint density at radius 3 is 2.33 bits per heavy atom. The van der Waals surface area contributed by atoms with E-state index in [1.165, 1.54) is 0 Å². The van der Waals surface area contributed by atoms with Crippen LogP contribution in [-0.2, 0) is 11.8 Å². The summed E-state index contributed by atoms with van der Waals surface area (Å²) in [6, 6.07) is 13.2. The van der Waals surface area contributed by atoms with E-state index in [0.29, 0.717) is 33.6 Å². The molecule has 3 aromatic rings. The molecule has 1 aromatic heterocycles. The Kier molecular flexibility index (Phi) is 7.37. The number of benzene rings is 2. The first-order valence-corrected chi connectivity index (χ1v) is 10.1. The van der Waals surface area contributed by atoms with Crippen molar-refractivity contribution in [2.24, 2.45) is 7.05 Å². The molecule has 0 radical (unpaired) electrons. The molecule has 8 heteroatoms. The Labute approximate surface area is 188 Å². The molecule has 0 spiro atoms. The number of hydrogen-bond donors (Lipinski definition) is 0. The van der Waals surface area contributed by atoms with Gasteiger partial charge in [-0.25, -0.2) is 4.79 Å². The van der Waals surface area contributed by atoms with Crippen LogP contribution in [0.4, 0.5) is 13.2 Å². The smallest absolute Gasteiger partial charge is 0.409 e. The molecule has 0 amide bonds. The van der Waals surface area contributed by atoms with Gasteiger partial charge in [-0.2, -0.15) is 13.2 Å². The summed E-state index contributed by atoms with van der Waals surface area (Å²) in [5.74, 6) is -0.0892. The third-order valence-corrected chi connectivity index (χ3v) is 4.66. The van der Waals surface area contributed by atoms with Crippen LogP contribution < -0.4 is 10.2 Å². The summed E-state index contributed by atoms with van der Waals surface area (Å²) in [6.07, 6.45) is -0.0112. The molecule has 0 aliphatic rings. The van der Waals surface area contributed by atoms with Crippen molar-refractivity contribution < 1.29 is 27.4 Å². The van der Waals surface area contributed by atoms with Crippen LogP contribution in [-0.4, -0.2) is 29.9 Å². The lowest BCUT2D eigenvalue weighted by Crippen LogP contribution is -2.12. The summed E-state index contributed by atoms with van der Waals surface area (Å²) in [6.45, 7) is 1.74. The van der Waals surface area contributed by atoms with Gasteiger partial charge < -0.3 is 14.0 Å². The second-order valence-corrected chi connectivity index (χ2v) is 7.16. The number of halogens is 3. The second-order valence-electron chi connectivity index (χ2n) is 7.16. The molecule has 0 bridgehead atoms. The van der Waals surface area contributed by atoms with Crippen molar-refractivity contribution in [2.75, 3.05) is 13.2 Å². The number of allylic oxidation sites excluding steroid dienone is 1. The van der Waals surface area contributed by atoms with E-state index in [2.05, 4.69) is 0 Å². The van der Waals surface area contributed by atoms with Gasteiger partial charge in [0.05, 0.1) is 12.2 Å². The summed E-state index contributed by atoms with van der Waals surface area (Å²) < 4.78 is 48.5. The van der Waals surface area contributed by atoms with Gasteiger partial charge in [0.25, 0.3) is 0 Å². The number of alkyl halides is 3. The molecule has 0 atom stereocenters. The monoisotopic (exact) mass is 457 g/mol. The quantitative estimate of drug-likeness (QED) is 0.353. The number of rotatable bonds is 7. The zero-order chi connectivity index (χ0) is 24.0. The number of hydrogen-bond acceptors (Lipinski definition) is 4. The zero-order valence-electron chi connectivity index (χ0n) is 18.1. The van der Waals surface area contributed by atoms with Crippen LogP contribution in [0, 0.1) is 0 Å². The highest BCUT2D eigenvalue weighted by Crippen LogP contribution is 2.24. The Bertz CT molecular complexity index is 1210. The number of aryl methyl sites for hydroxylation is 1. The maximum absolute atomic E-state index is 13.2. The van der Waals surface area contributed by atoms with Crippen LogP contribution >= 0.6 is 0 Å².